The highest BCUT2D eigenvalue weighted by molar-refractivity contribution is 7.99. The average Bonchev–Trinajstić information content (AvgIpc) is 2.55. The van der Waals surface area contributed by atoms with Gasteiger partial charge in [0.25, 0.3) is 0 Å². The Balaban J connectivity index is 1.81. The van der Waals surface area contributed by atoms with E-state index in [1.54, 1.807) is 18.1 Å². The van der Waals surface area contributed by atoms with E-state index in [4.69, 9.17) is 0 Å². The summed E-state index contributed by atoms with van der Waals surface area (Å²) in [7, 11) is 0. The van der Waals surface area contributed by atoms with Crippen LogP contribution in [0.2, 0.25) is 0 Å². The standard InChI is InChI=1S/C16H26N4OS/c1-4-13-10-15(18-11-17-13)20-7-5-14(6-8-20)19-16(21)9-12(2)22-3/h10-12,14H,4-9H2,1-3H3,(H,19,21)/t12-/m1/s1. The first-order valence-corrected chi connectivity index (χ1v) is 9.29. The van der Waals surface area contributed by atoms with Crippen LogP contribution < -0.4 is 10.2 Å². The van der Waals surface area contributed by atoms with Gasteiger partial charge in [0, 0.05) is 42.6 Å². The molecular formula is C16H26N4OS. The molecule has 0 aromatic carbocycles. The first-order valence-electron chi connectivity index (χ1n) is 8.00. The lowest BCUT2D eigenvalue weighted by molar-refractivity contribution is -0.121. The molecule has 0 bridgehead atoms. The fourth-order valence-electron chi connectivity index (χ4n) is 2.64. The number of hydrogen-bond donors (Lipinski definition) is 1. The van der Waals surface area contributed by atoms with Crippen molar-refractivity contribution in [2.75, 3.05) is 24.2 Å². The van der Waals surface area contributed by atoms with Gasteiger partial charge in [-0.2, -0.15) is 11.8 Å². The molecule has 0 saturated carbocycles. The number of anilines is 1. The fraction of sp³-hybridized carbons (Fsp3) is 0.688. The van der Waals surface area contributed by atoms with Crippen LogP contribution in [0.15, 0.2) is 12.4 Å². The molecule has 1 amide bonds. The Morgan fingerprint density at radius 3 is 2.82 bits per heavy atom. The Morgan fingerprint density at radius 2 is 2.18 bits per heavy atom. The number of carbonyl (C=O) groups excluding carboxylic acids is 1. The highest BCUT2D eigenvalue weighted by Crippen LogP contribution is 2.18. The molecule has 1 aromatic rings. The molecule has 2 rings (SSSR count). The van der Waals surface area contributed by atoms with Crippen LogP contribution in [0.25, 0.3) is 0 Å². The minimum absolute atomic E-state index is 0.176. The number of aryl methyl sites for hydroxylation is 1. The van der Waals surface area contributed by atoms with E-state index in [1.807, 2.05) is 6.26 Å². The van der Waals surface area contributed by atoms with Gasteiger partial charge in [-0.15, -0.1) is 0 Å². The largest absolute Gasteiger partial charge is 0.356 e. The van der Waals surface area contributed by atoms with Gasteiger partial charge in [0.05, 0.1) is 0 Å². The molecule has 1 aliphatic rings. The summed E-state index contributed by atoms with van der Waals surface area (Å²) in [6.07, 6.45) is 7.17. The zero-order chi connectivity index (χ0) is 15.9. The number of piperidine rings is 1. The minimum atomic E-state index is 0.176. The number of thioether (sulfide) groups is 1. The van der Waals surface area contributed by atoms with Gasteiger partial charge in [-0.25, -0.2) is 9.97 Å². The van der Waals surface area contributed by atoms with Gasteiger partial charge in [-0.1, -0.05) is 13.8 Å². The third-order valence-electron chi connectivity index (χ3n) is 4.13. The van der Waals surface area contributed by atoms with E-state index in [1.165, 1.54) is 0 Å². The third kappa shape index (κ3) is 4.87. The minimum Gasteiger partial charge on any atom is -0.356 e. The number of nitrogens with one attached hydrogen (secondary N) is 1. The van der Waals surface area contributed by atoms with Crippen molar-refractivity contribution in [1.29, 1.82) is 0 Å². The van der Waals surface area contributed by atoms with Gasteiger partial charge in [-0.05, 0) is 25.5 Å². The second kappa shape index (κ2) is 8.36. The molecule has 1 saturated heterocycles. The number of rotatable bonds is 6. The highest BCUT2D eigenvalue weighted by Gasteiger charge is 2.22. The number of nitrogens with zero attached hydrogens (tertiary/aromatic N) is 3. The normalized spacial score (nSPS) is 17.3. The monoisotopic (exact) mass is 322 g/mol. The third-order valence-corrected chi connectivity index (χ3v) is 5.10. The van der Waals surface area contributed by atoms with E-state index in [2.05, 4.69) is 40.1 Å². The van der Waals surface area contributed by atoms with E-state index < -0.39 is 0 Å². The molecule has 6 heteroatoms. The maximum Gasteiger partial charge on any atom is 0.221 e. The van der Waals surface area contributed by atoms with Crippen molar-refractivity contribution in [3.63, 3.8) is 0 Å². The van der Waals surface area contributed by atoms with Crippen molar-refractivity contribution >= 4 is 23.5 Å². The summed E-state index contributed by atoms with van der Waals surface area (Å²) in [6, 6.07) is 2.37. The quantitative estimate of drug-likeness (QED) is 0.870. The van der Waals surface area contributed by atoms with Gasteiger partial charge in [0.1, 0.15) is 12.1 Å². The predicted octanol–water partition coefficient (Wildman–Crippen LogP) is 2.27. The highest BCUT2D eigenvalue weighted by atomic mass is 32.2. The molecule has 0 aliphatic carbocycles. The van der Waals surface area contributed by atoms with E-state index in [9.17, 15) is 4.79 Å². The van der Waals surface area contributed by atoms with Crippen LogP contribution in [0, 0.1) is 0 Å². The smallest absolute Gasteiger partial charge is 0.221 e. The Labute approximate surface area is 137 Å². The number of carbonyl (C=O) groups is 1. The summed E-state index contributed by atoms with van der Waals surface area (Å²) in [4.78, 5) is 22.9. The molecule has 1 fully saturated rings. The van der Waals surface area contributed by atoms with Crippen LogP contribution in [-0.2, 0) is 11.2 Å². The van der Waals surface area contributed by atoms with Gasteiger partial charge < -0.3 is 10.2 Å². The second-order valence-corrected chi connectivity index (χ2v) is 7.08. The molecule has 0 radical (unpaired) electrons. The molecule has 5 nitrogen and oxygen atoms in total. The molecule has 1 aliphatic heterocycles. The van der Waals surface area contributed by atoms with E-state index in [-0.39, 0.29) is 5.91 Å². The molecule has 122 valence electrons. The van der Waals surface area contributed by atoms with Crippen LogP contribution in [-0.4, -0.2) is 46.5 Å². The number of amides is 1. The second-order valence-electron chi connectivity index (χ2n) is 5.80. The summed E-state index contributed by atoms with van der Waals surface area (Å²) in [5.41, 5.74) is 1.08. The summed E-state index contributed by atoms with van der Waals surface area (Å²) >= 11 is 1.73. The topological polar surface area (TPSA) is 58.1 Å². The van der Waals surface area contributed by atoms with Gasteiger partial charge in [0.2, 0.25) is 5.91 Å². The van der Waals surface area contributed by atoms with Crippen molar-refractivity contribution in [2.45, 2.75) is 50.8 Å². The van der Waals surface area contributed by atoms with Crippen LogP contribution in [0.1, 0.15) is 38.8 Å². The average molecular weight is 322 g/mol. The van der Waals surface area contributed by atoms with Crippen molar-refractivity contribution in [3.8, 4) is 0 Å². The lowest BCUT2D eigenvalue weighted by Gasteiger charge is -2.33. The molecule has 2 heterocycles. The SMILES string of the molecule is CCc1cc(N2CCC(NC(=O)C[C@@H](C)SC)CC2)ncn1. The first-order chi connectivity index (χ1) is 10.6. The summed E-state index contributed by atoms with van der Waals surface area (Å²) in [5.74, 6) is 1.18. The molecule has 1 aromatic heterocycles. The molecule has 0 unspecified atom stereocenters. The molecular weight excluding hydrogens is 296 g/mol. The zero-order valence-electron chi connectivity index (χ0n) is 13.7. The van der Waals surface area contributed by atoms with E-state index in [0.717, 1.165) is 43.9 Å². The number of aromatic nitrogens is 2. The molecule has 1 N–H and O–H groups in total. The predicted molar refractivity (Wildman–Crippen MR) is 92.4 cm³/mol. The molecule has 22 heavy (non-hydrogen) atoms. The van der Waals surface area contributed by atoms with Gasteiger partial charge in [-0.3, -0.25) is 4.79 Å². The fourth-order valence-corrected chi connectivity index (χ4v) is 2.95. The zero-order valence-corrected chi connectivity index (χ0v) is 14.5. The lowest BCUT2D eigenvalue weighted by atomic mass is 10.0. The molecule has 1 atom stereocenters. The Kier molecular flexibility index (Phi) is 6.49. The van der Waals surface area contributed by atoms with Crippen molar-refractivity contribution < 1.29 is 4.79 Å². The lowest BCUT2D eigenvalue weighted by Crippen LogP contribution is -2.45. The van der Waals surface area contributed by atoms with Crippen LogP contribution in [0.3, 0.4) is 0 Å². The Hall–Kier alpha value is -1.30. The Morgan fingerprint density at radius 1 is 1.45 bits per heavy atom. The summed E-state index contributed by atoms with van der Waals surface area (Å²) in [6.45, 7) is 6.06. The van der Waals surface area contributed by atoms with Crippen LogP contribution >= 0.6 is 11.8 Å². The van der Waals surface area contributed by atoms with E-state index >= 15 is 0 Å². The van der Waals surface area contributed by atoms with Crippen molar-refractivity contribution in [2.24, 2.45) is 0 Å². The van der Waals surface area contributed by atoms with Crippen LogP contribution in [0.5, 0.6) is 0 Å². The molecule has 0 spiro atoms. The van der Waals surface area contributed by atoms with E-state index in [0.29, 0.717) is 17.7 Å². The number of hydrogen-bond acceptors (Lipinski definition) is 5. The van der Waals surface area contributed by atoms with Crippen molar-refractivity contribution in [3.05, 3.63) is 18.1 Å². The first kappa shape index (κ1) is 17.1. The van der Waals surface area contributed by atoms with Gasteiger partial charge >= 0.3 is 0 Å². The van der Waals surface area contributed by atoms with Gasteiger partial charge in [0.15, 0.2) is 0 Å². The maximum absolute atomic E-state index is 12.0. The summed E-state index contributed by atoms with van der Waals surface area (Å²) in [5, 5.41) is 3.55. The van der Waals surface area contributed by atoms with Crippen molar-refractivity contribution in [1.82, 2.24) is 15.3 Å². The van der Waals surface area contributed by atoms with Crippen LogP contribution in [0.4, 0.5) is 5.82 Å². The summed E-state index contributed by atoms with van der Waals surface area (Å²) < 4.78 is 0. The maximum atomic E-state index is 12.0. The Bertz CT molecular complexity index is 489.